The maximum Gasteiger partial charge on any atom is 1.00 e. The monoisotopic (exact) mass is 130 g/mol. The van der Waals surface area contributed by atoms with Crippen LogP contribution in [0.15, 0.2) is 22.3 Å². The van der Waals surface area contributed by atoms with Crippen molar-refractivity contribution >= 4 is 0 Å². The molecule has 0 N–H and O–H groups in total. The summed E-state index contributed by atoms with van der Waals surface area (Å²) in [6.45, 7) is 0.971. The van der Waals surface area contributed by atoms with Crippen LogP contribution in [0.1, 0.15) is 12.8 Å². The van der Waals surface area contributed by atoms with Gasteiger partial charge in [0.25, 0.3) is 0 Å². The number of nitrogens with zero attached hydrogens (tertiary/aromatic N) is 4. The first-order chi connectivity index (χ1) is 4.47. The summed E-state index contributed by atoms with van der Waals surface area (Å²) in [6.07, 6.45) is 4.34. The summed E-state index contributed by atoms with van der Waals surface area (Å²) < 4.78 is 0. The van der Waals surface area contributed by atoms with Gasteiger partial charge >= 0.3 is 18.9 Å². The second-order valence-electron chi connectivity index (χ2n) is 2.11. The molecule has 0 unspecified atom stereocenters. The molecule has 0 amide bonds. The fourth-order valence-electron chi connectivity index (χ4n) is 0.989. The van der Waals surface area contributed by atoms with E-state index in [-0.39, 0.29) is 18.9 Å². The van der Waals surface area contributed by atoms with Gasteiger partial charge < -0.3 is 5.01 Å². The van der Waals surface area contributed by atoms with Crippen LogP contribution in [0, 0.1) is 0 Å². The van der Waals surface area contributed by atoms with Gasteiger partial charge in [0.1, 0.15) is 0 Å². The molecule has 10 heavy (non-hydrogen) atoms. The minimum Gasteiger partial charge on any atom is -0.374 e. The fourth-order valence-corrected chi connectivity index (χ4v) is 0.989. The van der Waals surface area contributed by atoms with Crippen molar-refractivity contribution in [1.82, 2.24) is 5.01 Å². The van der Waals surface area contributed by atoms with Gasteiger partial charge in [-0.05, 0) is 19.4 Å². The average Bonchev–Trinajstić information content (AvgIpc) is 2.33. The van der Waals surface area contributed by atoms with Crippen LogP contribution in [0.25, 0.3) is 5.43 Å². The molecule has 0 bridgehead atoms. The van der Waals surface area contributed by atoms with Crippen LogP contribution in [-0.2, 0) is 0 Å². The van der Waals surface area contributed by atoms with Gasteiger partial charge in [-0.2, -0.15) is 5.22 Å². The van der Waals surface area contributed by atoms with E-state index in [1.165, 1.54) is 0 Å². The van der Waals surface area contributed by atoms with Crippen LogP contribution in [0.4, 0.5) is 0 Å². The van der Waals surface area contributed by atoms with Crippen LogP contribution in [0.5, 0.6) is 0 Å². The first-order valence-corrected chi connectivity index (χ1v) is 3.06. The normalized spacial score (nSPS) is 20.8. The van der Waals surface area contributed by atoms with Crippen molar-refractivity contribution in [1.29, 1.82) is 0 Å². The molecule has 0 saturated carbocycles. The Labute approximate surface area is 71.5 Å². The van der Waals surface area contributed by atoms with Crippen LogP contribution >= 0.6 is 0 Å². The van der Waals surface area contributed by atoms with Gasteiger partial charge in [0, 0.05) is 5.82 Å². The average molecular weight is 130 g/mol. The Morgan fingerprint density at radius 1 is 1.60 bits per heavy atom. The number of allylic oxidation sites excluding steroid dienone is 1. The molecule has 0 spiro atoms. The van der Waals surface area contributed by atoms with Crippen LogP contribution in [0.3, 0.4) is 0 Å². The molecule has 0 atom stereocenters. The van der Waals surface area contributed by atoms with E-state index < -0.39 is 0 Å². The summed E-state index contributed by atoms with van der Waals surface area (Å²) in [5, 5.41) is 9.14. The first-order valence-electron chi connectivity index (χ1n) is 3.06. The molecular weight excluding hydrogens is 123 g/mol. The second-order valence-corrected chi connectivity index (χ2v) is 2.11. The summed E-state index contributed by atoms with van der Waals surface area (Å²) in [5.74, 6) is 0.918. The van der Waals surface area contributed by atoms with Gasteiger partial charge in [0.05, 0.1) is 0 Å². The Balaban J connectivity index is 0.000000500. The van der Waals surface area contributed by atoms with Crippen molar-refractivity contribution in [2.75, 3.05) is 6.54 Å². The van der Waals surface area contributed by atoms with Crippen LogP contribution in [0.2, 0.25) is 0 Å². The Hall–Kier alpha value is -0.463. The number of fused-ring (bicyclic) bond motifs is 1. The van der Waals surface area contributed by atoms with E-state index in [4.69, 9.17) is 0 Å². The molecule has 0 aliphatic carbocycles. The minimum absolute atomic E-state index is 0. The molecular formula is C5H7LiN4. The minimum atomic E-state index is 0. The predicted octanol–water partition coefficient (Wildman–Crippen LogP) is -1.40. The second kappa shape index (κ2) is 3.09. The van der Waals surface area contributed by atoms with Crippen molar-refractivity contribution in [3.05, 3.63) is 17.3 Å². The SMILES string of the molecule is C1=C2[N-]N=NN2CCC1.[Li+]. The zero-order chi connectivity index (χ0) is 6.10. The molecule has 0 aromatic heterocycles. The third-order valence-corrected chi connectivity index (χ3v) is 1.46. The Morgan fingerprint density at radius 2 is 2.50 bits per heavy atom. The van der Waals surface area contributed by atoms with Crippen molar-refractivity contribution < 1.29 is 18.9 Å². The van der Waals surface area contributed by atoms with E-state index in [1.54, 1.807) is 0 Å². The largest absolute Gasteiger partial charge is 1.00 e. The Morgan fingerprint density at radius 3 is 3.30 bits per heavy atom. The molecule has 0 fully saturated rings. The maximum absolute atomic E-state index is 3.80. The molecule has 4 nitrogen and oxygen atoms in total. The van der Waals surface area contributed by atoms with Gasteiger partial charge in [0.15, 0.2) is 0 Å². The van der Waals surface area contributed by atoms with Crippen molar-refractivity contribution in [2.45, 2.75) is 12.8 Å². The molecule has 48 valence electrons. The smallest absolute Gasteiger partial charge is 0.374 e. The molecule has 0 aromatic rings. The van der Waals surface area contributed by atoms with Crippen molar-refractivity contribution in [3.63, 3.8) is 0 Å². The quantitative estimate of drug-likeness (QED) is 0.372. The van der Waals surface area contributed by atoms with Gasteiger partial charge in [-0.1, -0.05) is 6.08 Å². The van der Waals surface area contributed by atoms with Gasteiger partial charge in [-0.25, -0.2) is 0 Å². The molecule has 2 aliphatic heterocycles. The topological polar surface area (TPSA) is 42.1 Å². The maximum atomic E-state index is 3.80. The zero-order valence-electron chi connectivity index (χ0n) is 5.99. The summed E-state index contributed by atoms with van der Waals surface area (Å²) >= 11 is 0. The third kappa shape index (κ3) is 1.18. The van der Waals surface area contributed by atoms with E-state index >= 15 is 0 Å². The molecule has 0 aromatic carbocycles. The number of hydrogen-bond donors (Lipinski definition) is 0. The third-order valence-electron chi connectivity index (χ3n) is 1.46. The number of rotatable bonds is 0. The molecule has 0 radical (unpaired) electrons. The van der Waals surface area contributed by atoms with Gasteiger partial charge in [-0.3, -0.25) is 10.6 Å². The van der Waals surface area contributed by atoms with Gasteiger partial charge in [0.2, 0.25) is 0 Å². The number of hydrogen-bond acceptors (Lipinski definition) is 3. The molecule has 5 heteroatoms. The van der Waals surface area contributed by atoms with E-state index in [2.05, 4.69) is 21.9 Å². The first kappa shape index (κ1) is 7.64. The summed E-state index contributed by atoms with van der Waals surface area (Å²) in [4.78, 5) is 0. The Kier molecular flexibility index (Phi) is 2.36. The zero-order valence-corrected chi connectivity index (χ0v) is 5.99. The Bertz CT molecular complexity index is 176. The molecule has 0 saturated heterocycles. The van der Waals surface area contributed by atoms with E-state index in [0.29, 0.717) is 0 Å². The summed E-state index contributed by atoms with van der Waals surface area (Å²) in [6, 6.07) is 0. The molecule has 2 heterocycles. The van der Waals surface area contributed by atoms with Crippen LogP contribution < -0.4 is 18.9 Å². The van der Waals surface area contributed by atoms with Crippen molar-refractivity contribution in [3.8, 4) is 0 Å². The van der Waals surface area contributed by atoms with Gasteiger partial charge in [-0.15, -0.1) is 0 Å². The summed E-state index contributed by atoms with van der Waals surface area (Å²) in [5.41, 5.74) is 3.80. The van der Waals surface area contributed by atoms with Crippen molar-refractivity contribution in [2.24, 2.45) is 10.4 Å². The van der Waals surface area contributed by atoms with E-state index in [9.17, 15) is 0 Å². The van der Waals surface area contributed by atoms with E-state index in [1.807, 2.05) is 5.01 Å². The summed E-state index contributed by atoms with van der Waals surface area (Å²) in [7, 11) is 0. The fraction of sp³-hybridized carbons (Fsp3) is 0.600. The van der Waals surface area contributed by atoms with Crippen LogP contribution in [-0.4, -0.2) is 11.6 Å². The predicted molar refractivity (Wildman–Crippen MR) is 32.2 cm³/mol. The molecule has 2 aliphatic rings. The van der Waals surface area contributed by atoms with E-state index in [0.717, 1.165) is 25.2 Å². The molecule has 2 rings (SSSR count). The standard InChI is InChI=1S/C5H7N4.Li/c1-2-4-9-5(3-1)6-7-8-9;/h3H,1-2,4H2;/q-1;+1.